The Labute approximate surface area is 202 Å². The van der Waals surface area contributed by atoms with Gasteiger partial charge in [-0.3, -0.25) is 4.79 Å². The molecule has 2 aromatic carbocycles. The van der Waals surface area contributed by atoms with Crippen LogP contribution in [0.4, 0.5) is 5.00 Å². The van der Waals surface area contributed by atoms with E-state index in [0.717, 1.165) is 11.1 Å². The van der Waals surface area contributed by atoms with Crippen LogP contribution in [0.1, 0.15) is 22.8 Å². The second-order valence-corrected chi connectivity index (χ2v) is 7.94. The maximum absolute atomic E-state index is 12.8. The van der Waals surface area contributed by atoms with E-state index in [0.29, 0.717) is 39.1 Å². The fraction of sp³-hybridized carbons (Fsp3) is 0.280. The Morgan fingerprint density at radius 2 is 1.47 bits per heavy atom. The van der Waals surface area contributed by atoms with Crippen LogP contribution in [0, 0.1) is 0 Å². The van der Waals surface area contributed by atoms with Crippen molar-refractivity contribution in [2.75, 3.05) is 40.4 Å². The van der Waals surface area contributed by atoms with Gasteiger partial charge in [0.2, 0.25) is 5.91 Å². The fourth-order valence-corrected chi connectivity index (χ4v) is 4.39. The van der Waals surface area contributed by atoms with Crippen LogP contribution in [0.15, 0.2) is 41.8 Å². The molecule has 3 rings (SSSR count). The van der Waals surface area contributed by atoms with Gasteiger partial charge >= 0.3 is 5.97 Å². The Hall–Kier alpha value is -3.72. The van der Waals surface area contributed by atoms with Crippen LogP contribution in [0.5, 0.6) is 23.0 Å². The zero-order valence-corrected chi connectivity index (χ0v) is 20.5. The van der Waals surface area contributed by atoms with Gasteiger partial charge in [-0.25, -0.2) is 4.79 Å². The summed E-state index contributed by atoms with van der Waals surface area (Å²) in [5.41, 5.74) is 2.40. The zero-order chi connectivity index (χ0) is 24.7. The number of esters is 1. The Kier molecular flexibility index (Phi) is 8.37. The van der Waals surface area contributed by atoms with Gasteiger partial charge in [0.15, 0.2) is 23.0 Å². The number of methoxy groups -OCH3 is 4. The van der Waals surface area contributed by atoms with E-state index in [9.17, 15) is 9.59 Å². The molecule has 0 atom stereocenters. The van der Waals surface area contributed by atoms with Gasteiger partial charge in [-0.05, 0) is 42.3 Å². The molecule has 0 unspecified atom stereocenters. The van der Waals surface area contributed by atoms with E-state index in [4.69, 9.17) is 23.7 Å². The third-order valence-corrected chi connectivity index (χ3v) is 5.93. The molecule has 3 aromatic rings. The summed E-state index contributed by atoms with van der Waals surface area (Å²) >= 11 is 1.25. The van der Waals surface area contributed by atoms with Gasteiger partial charge in [0.05, 0.1) is 41.5 Å². The third-order valence-electron chi connectivity index (χ3n) is 5.03. The quantitative estimate of drug-likeness (QED) is 0.412. The molecule has 9 heteroatoms. The van der Waals surface area contributed by atoms with E-state index in [1.165, 1.54) is 18.4 Å². The van der Waals surface area contributed by atoms with Crippen LogP contribution in [-0.2, 0) is 16.0 Å². The largest absolute Gasteiger partial charge is 0.493 e. The average molecular weight is 486 g/mol. The standard InChI is InChI=1S/C25H27NO7S/c1-6-33-25(28)23-17(16-8-10-19(30-3)21(13-16)32-5)14-34-24(23)26-22(27)12-15-7-9-18(29-2)20(11-15)31-4/h7-11,13-14H,6,12H2,1-5H3,(H,26,27). The Morgan fingerprint density at radius 3 is 2.09 bits per heavy atom. The molecule has 0 aliphatic rings. The molecular weight excluding hydrogens is 458 g/mol. The Bertz CT molecular complexity index is 1170. The number of carbonyl (C=O) groups excluding carboxylic acids is 2. The van der Waals surface area contributed by atoms with Gasteiger partial charge in [0, 0.05) is 10.9 Å². The SMILES string of the molecule is CCOC(=O)c1c(-c2ccc(OC)c(OC)c2)csc1NC(=O)Cc1ccc(OC)c(OC)c1. The molecule has 34 heavy (non-hydrogen) atoms. The lowest BCUT2D eigenvalue weighted by molar-refractivity contribution is -0.115. The van der Waals surface area contributed by atoms with Gasteiger partial charge in [-0.2, -0.15) is 0 Å². The van der Waals surface area contributed by atoms with Crippen molar-refractivity contribution in [1.82, 2.24) is 0 Å². The predicted octanol–water partition coefficient (Wildman–Crippen LogP) is 4.81. The van der Waals surface area contributed by atoms with E-state index in [-0.39, 0.29) is 18.9 Å². The number of hydrogen-bond acceptors (Lipinski definition) is 8. The number of benzene rings is 2. The van der Waals surface area contributed by atoms with Crippen molar-refractivity contribution in [2.45, 2.75) is 13.3 Å². The number of nitrogens with one attached hydrogen (secondary N) is 1. The summed E-state index contributed by atoms with van der Waals surface area (Å²) in [4.78, 5) is 25.7. The number of anilines is 1. The first kappa shape index (κ1) is 24.9. The van der Waals surface area contributed by atoms with Crippen molar-refractivity contribution >= 4 is 28.2 Å². The highest BCUT2D eigenvalue weighted by Gasteiger charge is 2.24. The molecule has 1 amide bonds. The number of rotatable bonds is 10. The molecule has 0 saturated heterocycles. The normalized spacial score (nSPS) is 10.4. The van der Waals surface area contributed by atoms with Crippen molar-refractivity contribution in [2.24, 2.45) is 0 Å². The van der Waals surface area contributed by atoms with Gasteiger partial charge in [-0.1, -0.05) is 12.1 Å². The van der Waals surface area contributed by atoms with Crippen molar-refractivity contribution in [1.29, 1.82) is 0 Å². The van der Waals surface area contributed by atoms with E-state index in [1.807, 2.05) is 6.07 Å². The highest BCUT2D eigenvalue weighted by molar-refractivity contribution is 7.15. The van der Waals surface area contributed by atoms with Gasteiger partial charge in [0.1, 0.15) is 10.6 Å². The molecule has 8 nitrogen and oxygen atoms in total. The predicted molar refractivity (Wildman–Crippen MR) is 131 cm³/mol. The summed E-state index contributed by atoms with van der Waals surface area (Å²) in [6.07, 6.45) is 0.0895. The van der Waals surface area contributed by atoms with Crippen molar-refractivity contribution in [3.63, 3.8) is 0 Å². The Morgan fingerprint density at radius 1 is 0.853 bits per heavy atom. The van der Waals surface area contributed by atoms with Crippen LogP contribution < -0.4 is 24.3 Å². The summed E-state index contributed by atoms with van der Waals surface area (Å²) in [6.45, 7) is 1.94. The smallest absolute Gasteiger partial charge is 0.341 e. The molecule has 0 spiro atoms. The molecule has 0 aliphatic heterocycles. The topological polar surface area (TPSA) is 92.3 Å². The first-order valence-corrected chi connectivity index (χ1v) is 11.3. The minimum absolute atomic E-state index is 0.0895. The molecule has 0 bridgehead atoms. The van der Waals surface area contributed by atoms with Crippen LogP contribution in [0.3, 0.4) is 0 Å². The summed E-state index contributed by atoms with van der Waals surface area (Å²) in [5, 5.41) is 5.07. The van der Waals surface area contributed by atoms with Crippen LogP contribution >= 0.6 is 11.3 Å². The highest BCUT2D eigenvalue weighted by Crippen LogP contribution is 2.39. The first-order valence-electron chi connectivity index (χ1n) is 10.5. The van der Waals surface area contributed by atoms with Crippen LogP contribution in [-0.4, -0.2) is 46.9 Å². The van der Waals surface area contributed by atoms with Crippen LogP contribution in [0.2, 0.25) is 0 Å². The molecule has 1 heterocycles. The molecule has 1 N–H and O–H groups in total. The van der Waals surface area contributed by atoms with Crippen LogP contribution in [0.25, 0.3) is 11.1 Å². The number of ether oxygens (including phenoxy) is 5. The molecule has 1 aromatic heterocycles. The minimum Gasteiger partial charge on any atom is -0.493 e. The van der Waals surface area contributed by atoms with Gasteiger partial charge in [0.25, 0.3) is 0 Å². The number of carbonyl (C=O) groups is 2. The summed E-state index contributed by atoms with van der Waals surface area (Å²) < 4.78 is 26.5. The number of amides is 1. The molecule has 0 aliphatic carbocycles. The third kappa shape index (κ3) is 5.43. The summed E-state index contributed by atoms with van der Waals surface area (Å²) in [5.74, 6) is 1.41. The number of thiophene rings is 1. The van der Waals surface area contributed by atoms with Gasteiger partial charge < -0.3 is 29.0 Å². The average Bonchev–Trinajstić information content (AvgIpc) is 3.26. The lowest BCUT2D eigenvalue weighted by atomic mass is 10.0. The highest BCUT2D eigenvalue weighted by atomic mass is 32.1. The molecule has 0 radical (unpaired) electrons. The lowest BCUT2D eigenvalue weighted by Gasteiger charge is -2.12. The van der Waals surface area contributed by atoms with Crippen molar-refractivity contribution < 1.29 is 33.3 Å². The maximum Gasteiger partial charge on any atom is 0.341 e. The van der Waals surface area contributed by atoms with E-state index >= 15 is 0 Å². The monoisotopic (exact) mass is 485 g/mol. The van der Waals surface area contributed by atoms with E-state index in [2.05, 4.69) is 5.32 Å². The van der Waals surface area contributed by atoms with Crippen molar-refractivity contribution in [3.8, 4) is 34.1 Å². The van der Waals surface area contributed by atoms with Crippen molar-refractivity contribution in [3.05, 3.63) is 52.9 Å². The van der Waals surface area contributed by atoms with E-state index in [1.54, 1.807) is 64.0 Å². The summed E-state index contributed by atoms with van der Waals surface area (Å²) in [7, 11) is 6.18. The molecule has 0 fully saturated rings. The van der Waals surface area contributed by atoms with Gasteiger partial charge in [-0.15, -0.1) is 11.3 Å². The molecular formula is C25H27NO7S. The second-order valence-electron chi connectivity index (χ2n) is 7.06. The maximum atomic E-state index is 12.8. The first-order chi connectivity index (χ1) is 16.4. The minimum atomic E-state index is -0.519. The number of hydrogen-bond donors (Lipinski definition) is 1. The fourth-order valence-electron chi connectivity index (χ4n) is 3.42. The molecule has 0 saturated carbocycles. The Balaban J connectivity index is 1.91. The second kappa shape index (κ2) is 11.4. The lowest BCUT2D eigenvalue weighted by Crippen LogP contribution is -2.16. The summed E-state index contributed by atoms with van der Waals surface area (Å²) in [6, 6.07) is 10.6. The molecule has 180 valence electrons. The zero-order valence-electron chi connectivity index (χ0n) is 19.7. The van der Waals surface area contributed by atoms with E-state index < -0.39 is 5.97 Å².